The molecular formula is C21H22ClFN4O. The molecule has 1 fully saturated rings. The summed E-state index contributed by atoms with van der Waals surface area (Å²) >= 11 is 6.08. The molecule has 4 rings (SSSR count). The van der Waals surface area contributed by atoms with Crippen molar-refractivity contribution in [2.75, 3.05) is 26.2 Å². The first-order valence-corrected chi connectivity index (χ1v) is 9.77. The molecule has 1 aliphatic heterocycles. The van der Waals surface area contributed by atoms with Crippen molar-refractivity contribution in [3.8, 4) is 0 Å². The molecule has 0 radical (unpaired) electrons. The van der Waals surface area contributed by atoms with Crippen LogP contribution in [0.1, 0.15) is 22.6 Å². The highest BCUT2D eigenvalue weighted by molar-refractivity contribution is 6.31. The van der Waals surface area contributed by atoms with E-state index in [0.717, 1.165) is 42.9 Å². The number of carbonyl (C=O) groups excluding carboxylic acids is 1. The second kappa shape index (κ2) is 7.89. The number of aryl methyl sites for hydroxylation is 1. The molecule has 0 spiro atoms. The summed E-state index contributed by atoms with van der Waals surface area (Å²) in [5.74, 6) is 0.608. The van der Waals surface area contributed by atoms with E-state index >= 15 is 0 Å². The van der Waals surface area contributed by atoms with Gasteiger partial charge in [0.25, 0.3) is 5.91 Å². The van der Waals surface area contributed by atoms with Gasteiger partial charge in [-0.3, -0.25) is 9.69 Å². The summed E-state index contributed by atoms with van der Waals surface area (Å²) in [6, 6.07) is 11.5. The number of halogens is 2. The summed E-state index contributed by atoms with van der Waals surface area (Å²) in [5.41, 5.74) is 2.48. The Hall–Kier alpha value is -2.44. The zero-order valence-corrected chi connectivity index (χ0v) is 16.5. The van der Waals surface area contributed by atoms with E-state index in [2.05, 4.69) is 9.47 Å². The Kier molecular flexibility index (Phi) is 5.33. The van der Waals surface area contributed by atoms with E-state index in [-0.39, 0.29) is 11.7 Å². The van der Waals surface area contributed by atoms with Gasteiger partial charge >= 0.3 is 0 Å². The topological polar surface area (TPSA) is 41.4 Å². The minimum absolute atomic E-state index is 0.0424. The highest BCUT2D eigenvalue weighted by Gasteiger charge is 2.21. The van der Waals surface area contributed by atoms with E-state index in [1.54, 1.807) is 12.1 Å². The molecule has 5 nitrogen and oxygen atoms in total. The largest absolute Gasteiger partial charge is 0.337 e. The Bertz CT molecular complexity index is 1000. The van der Waals surface area contributed by atoms with E-state index in [1.807, 2.05) is 30.1 Å². The van der Waals surface area contributed by atoms with Crippen molar-refractivity contribution in [2.45, 2.75) is 13.0 Å². The maximum absolute atomic E-state index is 13.1. The molecule has 1 amide bonds. The lowest BCUT2D eigenvalue weighted by molar-refractivity contribution is 0.0761. The summed E-state index contributed by atoms with van der Waals surface area (Å²) in [5, 5.41) is 0.682. The third kappa shape index (κ3) is 3.88. The monoisotopic (exact) mass is 400 g/mol. The Labute approximate surface area is 168 Å². The summed E-state index contributed by atoms with van der Waals surface area (Å²) in [6.45, 7) is 3.74. The first-order chi connectivity index (χ1) is 13.5. The van der Waals surface area contributed by atoms with Gasteiger partial charge in [-0.05, 0) is 48.9 Å². The third-order valence-corrected chi connectivity index (χ3v) is 5.50. The molecule has 1 aliphatic rings. The average Bonchev–Trinajstić information content (AvgIpc) is 2.84. The highest BCUT2D eigenvalue weighted by Crippen LogP contribution is 2.21. The summed E-state index contributed by atoms with van der Waals surface area (Å²) < 4.78 is 15.2. The van der Waals surface area contributed by atoms with Crippen molar-refractivity contribution in [3.05, 3.63) is 64.7 Å². The number of benzene rings is 2. The van der Waals surface area contributed by atoms with Crippen LogP contribution in [0.15, 0.2) is 42.5 Å². The van der Waals surface area contributed by atoms with Gasteiger partial charge in [0.2, 0.25) is 0 Å². The number of fused-ring (bicyclic) bond motifs is 1. The molecule has 28 heavy (non-hydrogen) atoms. The summed E-state index contributed by atoms with van der Waals surface area (Å²) in [6.07, 6.45) is 0.892. The second-order valence-electron chi connectivity index (χ2n) is 7.15. The van der Waals surface area contributed by atoms with Gasteiger partial charge in [-0.1, -0.05) is 11.6 Å². The Balaban J connectivity index is 1.44. The van der Waals surface area contributed by atoms with Crippen molar-refractivity contribution in [1.82, 2.24) is 19.4 Å². The van der Waals surface area contributed by atoms with Crippen molar-refractivity contribution in [2.24, 2.45) is 7.05 Å². The number of rotatable bonds is 3. The van der Waals surface area contributed by atoms with Gasteiger partial charge in [-0.2, -0.15) is 0 Å². The van der Waals surface area contributed by atoms with Crippen LogP contribution in [0.25, 0.3) is 11.0 Å². The zero-order valence-electron chi connectivity index (χ0n) is 15.7. The molecular weight excluding hydrogens is 379 g/mol. The number of amides is 1. The normalized spacial score (nSPS) is 15.8. The van der Waals surface area contributed by atoms with E-state index < -0.39 is 0 Å². The maximum atomic E-state index is 13.1. The van der Waals surface area contributed by atoms with Gasteiger partial charge in [-0.25, -0.2) is 9.37 Å². The van der Waals surface area contributed by atoms with Crippen molar-refractivity contribution < 1.29 is 9.18 Å². The molecule has 1 aromatic heterocycles. The van der Waals surface area contributed by atoms with Crippen molar-refractivity contribution in [3.63, 3.8) is 0 Å². The molecule has 0 N–H and O–H groups in total. The molecule has 7 heteroatoms. The number of hydrogen-bond acceptors (Lipinski definition) is 3. The van der Waals surface area contributed by atoms with E-state index in [9.17, 15) is 9.18 Å². The smallest absolute Gasteiger partial charge is 0.253 e. The second-order valence-corrected chi connectivity index (χ2v) is 7.59. The first kappa shape index (κ1) is 18.9. The van der Waals surface area contributed by atoms with Gasteiger partial charge in [-0.15, -0.1) is 0 Å². The quantitative estimate of drug-likeness (QED) is 0.673. The van der Waals surface area contributed by atoms with Gasteiger partial charge in [0.05, 0.1) is 17.6 Å². The third-order valence-electron chi connectivity index (χ3n) is 5.27. The minimum Gasteiger partial charge on any atom is -0.337 e. The van der Waals surface area contributed by atoms with E-state index in [0.29, 0.717) is 23.7 Å². The molecule has 2 aromatic carbocycles. The molecule has 0 saturated carbocycles. The maximum Gasteiger partial charge on any atom is 0.253 e. The standard InChI is InChI=1S/C21H22ClFN4O/c1-25-19-8-5-16(22)13-18(19)24-20(25)14-26-9-2-10-27(12-11-26)21(28)15-3-6-17(23)7-4-15/h3-8,13H,2,9-12,14H2,1H3. The molecule has 0 aliphatic carbocycles. The Morgan fingerprint density at radius 3 is 2.68 bits per heavy atom. The lowest BCUT2D eigenvalue weighted by Gasteiger charge is -2.22. The fourth-order valence-electron chi connectivity index (χ4n) is 3.67. The summed E-state index contributed by atoms with van der Waals surface area (Å²) in [7, 11) is 2.01. The number of imidazole rings is 1. The van der Waals surface area contributed by atoms with Gasteiger partial charge < -0.3 is 9.47 Å². The van der Waals surface area contributed by atoms with Crippen LogP contribution >= 0.6 is 11.6 Å². The van der Waals surface area contributed by atoms with Gasteiger partial charge in [0.1, 0.15) is 11.6 Å². The minimum atomic E-state index is -0.331. The number of hydrogen-bond donors (Lipinski definition) is 0. The molecule has 0 bridgehead atoms. The molecule has 1 saturated heterocycles. The average molecular weight is 401 g/mol. The van der Waals surface area contributed by atoms with Crippen LogP contribution in [0.4, 0.5) is 4.39 Å². The van der Waals surface area contributed by atoms with Gasteiger partial charge in [0, 0.05) is 43.8 Å². The van der Waals surface area contributed by atoms with Crippen LogP contribution in [0.2, 0.25) is 5.02 Å². The zero-order chi connectivity index (χ0) is 19.7. The molecule has 0 atom stereocenters. The van der Waals surface area contributed by atoms with Crippen LogP contribution in [0.3, 0.4) is 0 Å². The van der Waals surface area contributed by atoms with Crippen LogP contribution in [-0.2, 0) is 13.6 Å². The van der Waals surface area contributed by atoms with Crippen LogP contribution < -0.4 is 0 Å². The molecule has 146 valence electrons. The number of aromatic nitrogens is 2. The lowest BCUT2D eigenvalue weighted by atomic mass is 10.2. The van der Waals surface area contributed by atoms with Crippen molar-refractivity contribution >= 4 is 28.5 Å². The van der Waals surface area contributed by atoms with Crippen LogP contribution in [-0.4, -0.2) is 51.4 Å². The Morgan fingerprint density at radius 2 is 1.89 bits per heavy atom. The number of carbonyl (C=O) groups is 1. The molecule has 3 aromatic rings. The Morgan fingerprint density at radius 1 is 1.11 bits per heavy atom. The SMILES string of the molecule is Cn1c(CN2CCCN(C(=O)c3ccc(F)cc3)CC2)nc2cc(Cl)ccc21. The predicted octanol–water partition coefficient (Wildman–Crippen LogP) is 3.71. The molecule has 2 heterocycles. The van der Waals surface area contributed by atoms with E-state index in [1.165, 1.54) is 12.1 Å². The lowest BCUT2D eigenvalue weighted by Crippen LogP contribution is -2.35. The first-order valence-electron chi connectivity index (χ1n) is 9.39. The highest BCUT2D eigenvalue weighted by atomic mass is 35.5. The molecule has 0 unspecified atom stereocenters. The fourth-order valence-corrected chi connectivity index (χ4v) is 3.84. The summed E-state index contributed by atoms with van der Waals surface area (Å²) in [4.78, 5) is 21.6. The van der Waals surface area contributed by atoms with Gasteiger partial charge in [0.15, 0.2) is 0 Å². The van der Waals surface area contributed by atoms with E-state index in [4.69, 9.17) is 16.6 Å². The van der Waals surface area contributed by atoms with Crippen LogP contribution in [0.5, 0.6) is 0 Å². The predicted molar refractivity (Wildman–Crippen MR) is 108 cm³/mol. The fraction of sp³-hybridized carbons (Fsp3) is 0.333. The van der Waals surface area contributed by atoms with Crippen LogP contribution in [0, 0.1) is 5.82 Å². The number of nitrogens with zero attached hydrogens (tertiary/aromatic N) is 4. The van der Waals surface area contributed by atoms with Crippen molar-refractivity contribution in [1.29, 1.82) is 0 Å².